The number of rotatable bonds is 1. The van der Waals surface area contributed by atoms with E-state index in [1.54, 1.807) is 0 Å². The molecule has 1 heterocycles. The minimum absolute atomic E-state index is 0.118. The third-order valence-electron chi connectivity index (χ3n) is 2.78. The van der Waals surface area contributed by atoms with E-state index in [9.17, 15) is 13.2 Å². The second-order valence-electron chi connectivity index (χ2n) is 4.12. The van der Waals surface area contributed by atoms with Gasteiger partial charge in [-0.05, 0) is 25.0 Å². The molecule has 0 aromatic carbocycles. The Kier molecular flexibility index (Phi) is 2.43. The number of pyridine rings is 1. The summed E-state index contributed by atoms with van der Waals surface area (Å²) in [4.78, 5) is 3.72. The van der Waals surface area contributed by atoms with Crippen molar-refractivity contribution >= 4 is 0 Å². The highest BCUT2D eigenvalue weighted by atomic mass is 19.4. The van der Waals surface area contributed by atoms with Crippen LogP contribution in [0.2, 0.25) is 0 Å². The zero-order valence-electron chi connectivity index (χ0n) is 8.33. The predicted octanol–water partition coefficient (Wildman–Crippen LogP) is 1.41. The highest BCUT2D eigenvalue weighted by Gasteiger charge is 2.47. The fourth-order valence-electron chi connectivity index (χ4n) is 2.01. The lowest BCUT2D eigenvalue weighted by molar-refractivity contribution is -0.140. The molecule has 0 atom stereocenters. The van der Waals surface area contributed by atoms with Crippen LogP contribution in [0.25, 0.3) is 0 Å². The van der Waals surface area contributed by atoms with Gasteiger partial charge in [0.1, 0.15) is 0 Å². The molecule has 0 saturated heterocycles. The van der Waals surface area contributed by atoms with Crippen molar-refractivity contribution in [2.45, 2.75) is 30.7 Å². The number of nitrogens with zero attached hydrogens (tertiary/aromatic N) is 1. The van der Waals surface area contributed by atoms with Crippen LogP contribution >= 0.6 is 0 Å². The second-order valence-corrected chi connectivity index (χ2v) is 4.12. The van der Waals surface area contributed by atoms with Crippen molar-refractivity contribution in [1.82, 2.24) is 4.98 Å². The Morgan fingerprint density at radius 1 is 1.44 bits per heavy atom. The maximum absolute atomic E-state index is 12.7. The van der Waals surface area contributed by atoms with E-state index in [4.69, 9.17) is 10.8 Å². The number of alkyl halides is 3. The molecule has 0 bridgehead atoms. The molecular weight excluding hydrogens is 221 g/mol. The molecule has 1 aromatic rings. The molecule has 3 N–H and O–H groups in total. The fraction of sp³-hybridized carbons (Fsp3) is 0.500. The van der Waals surface area contributed by atoms with Crippen LogP contribution in [0.3, 0.4) is 0 Å². The molecule has 88 valence electrons. The van der Waals surface area contributed by atoms with Gasteiger partial charge in [0.25, 0.3) is 0 Å². The molecular formula is C10H11F3N2O. The first kappa shape index (κ1) is 11.3. The highest BCUT2D eigenvalue weighted by molar-refractivity contribution is 5.31. The monoisotopic (exact) mass is 232 g/mol. The van der Waals surface area contributed by atoms with E-state index in [0.717, 1.165) is 6.07 Å². The molecule has 1 saturated carbocycles. The van der Waals surface area contributed by atoms with Crippen LogP contribution in [0.15, 0.2) is 18.3 Å². The molecule has 16 heavy (non-hydrogen) atoms. The Labute approximate surface area is 90.1 Å². The number of halogens is 3. The molecule has 1 fully saturated rings. The van der Waals surface area contributed by atoms with E-state index in [1.807, 2.05) is 0 Å². The SMILES string of the molecule is NC1(c2ncccc2C(F)(F)F)CC(O)C1. The molecule has 1 aromatic heterocycles. The molecule has 3 nitrogen and oxygen atoms in total. The summed E-state index contributed by atoms with van der Waals surface area (Å²) in [6.07, 6.45) is -3.58. The fourth-order valence-corrected chi connectivity index (χ4v) is 2.01. The molecule has 0 spiro atoms. The Bertz CT molecular complexity index is 399. The van der Waals surface area contributed by atoms with Crippen molar-refractivity contribution in [3.8, 4) is 0 Å². The first-order chi connectivity index (χ1) is 7.33. The summed E-state index contributed by atoms with van der Waals surface area (Å²) in [6.45, 7) is 0. The zero-order chi connectivity index (χ0) is 12.0. The first-order valence-electron chi connectivity index (χ1n) is 4.82. The lowest BCUT2D eigenvalue weighted by Gasteiger charge is -2.42. The van der Waals surface area contributed by atoms with E-state index in [-0.39, 0.29) is 18.5 Å². The summed E-state index contributed by atoms with van der Waals surface area (Å²) < 4.78 is 38.0. The number of hydrogen-bond donors (Lipinski definition) is 2. The standard InChI is InChI=1S/C10H11F3N2O/c11-10(12,13)7-2-1-3-15-8(7)9(14)4-6(16)5-9/h1-3,6,16H,4-5,14H2. The van der Waals surface area contributed by atoms with Crippen molar-refractivity contribution in [2.75, 3.05) is 0 Å². The third kappa shape index (κ3) is 1.78. The van der Waals surface area contributed by atoms with E-state index >= 15 is 0 Å². The Morgan fingerprint density at radius 3 is 2.56 bits per heavy atom. The van der Waals surface area contributed by atoms with Gasteiger partial charge in [-0.2, -0.15) is 13.2 Å². The second kappa shape index (κ2) is 3.43. The van der Waals surface area contributed by atoms with Crippen LogP contribution in [0, 0.1) is 0 Å². The molecule has 0 aliphatic heterocycles. The van der Waals surface area contributed by atoms with E-state index in [1.165, 1.54) is 12.3 Å². The Hall–Kier alpha value is -1.14. The summed E-state index contributed by atoms with van der Waals surface area (Å²) in [5, 5.41) is 9.15. The van der Waals surface area contributed by atoms with Crippen molar-refractivity contribution in [3.05, 3.63) is 29.6 Å². The third-order valence-corrected chi connectivity index (χ3v) is 2.78. The largest absolute Gasteiger partial charge is 0.418 e. The lowest BCUT2D eigenvalue weighted by Crippen LogP contribution is -2.53. The zero-order valence-corrected chi connectivity index (χ0v) is 8.33. The Morgan fingerprint density at radius 2 is 2.06 bits per heavy atom. The minimum Gasteiger partial charge on any atom is -0.393 e. The number of aliphatic hydroxyl groups is 1. The normalized spacial score (nSPS) is 29.9. The molecule has 1 aliphatic rings. The molecule has 6 heteroatoms. The van der Waals surface area contributed by atoms with Crippen LogP contribution in [-0.2, 0) is 11.7 Å². The van der Waals surface area contributed by atoms with E-state index in [2.05, 4.69) is 4.98 Å². The molecule has 0 radical (unpaired) electrons. The van der Waals surface area contributed by atoms with Crippen molar-refractivity contribution in [3.63, 3.8) is 0 Å². The van der Waals surface area contributed by atoms with Gasteiger partial charge in [-0.25, -0.2) is 0 Å². The van der Waals surface area contributed by atoms with Gasteiger partial charge in [-0.1, -0.05) is 0 Å². The maximum Gasteiger partial charge on any atom is 0.418 e. The summed E-state index contributed by atoms with van der Waals surface area (Å²) in [5.41, 5.74) is 3.65. The minimum atomic E-state index is -4.46. The topological polar surface area (TPSA) is 59.1 Å². The highest BCUT2D eigenvalue weighted by Crippen LogP contribution is 2.43. The van der Waals surface area contributed by atoms with Gasteiger partial charge < -0.3 is 10.8 Å². The first-order valence-corrected chi connectivity index (χ1v) is 4.82. The number of hydrogen-bond acceptors (Lipinski definition) is 3. The molecule has 0 amide bonds. The van der Waals surface area contributed by atoms with Crippen LogP contribution in [0.4, 0.5) is 13.2 Å². The van der Waals surface area contributed by atoms with E-state index in [0.29, 0.717) is 0 Å². The van der Waals surface area contributed by atoms with Crippen LogP contribution in [0.1, 0.15) is 24.1 Å². The summed E-state index contributed by atoms with van der Waals surface area (Å²) in [7, 11) is 0. The van der Waals surface area contributed by atoms with Gasteiger partial charge >= 0.3 is 6.18 Å². The van der Waals surface area contributed by atoms with Gasteiger partial charge in [0.2, 0.25) is 0 Å². The average molecular weight is 232 g/mol. The maximum atomic E-state index is 12.7. The van der Waals surface area contributed by atoms with Gasteiger partial charge in [0.15, 0.2) is 0 Å². The molecule has 0 unspecified atom stereocenters. The molecule has 1 aliphatic carbocycles. The lowest BCUT2D eigenvalue weighted by atomic mass is 9.71. The van der Waals surface area contributed by atoms with E-state index < -0.39 is 23.4 Å². The average Bonchev–Trinajstić information content (AvgIpc) is 2.14. The summed E-state index contributed by atoms with van der Waals surface area (Å²) in [5.74, 6) is 0. The smallest absolute Gasteiger partial charge is 0.393 e. The van der Waals surface area contributed by atoms with Gasteiger partial charge in [-0.3, -0.25) is 4.98 Å². The number of aromatic nitrogens is 1. The van der Waals surface area contributed by atoms with Crippen LogP contribution < -0.4 is 5.73 Å². The predicted molar refractivity (Wildman–Crippen MR) is 50.3 cm³/mol. The quantitative estimate of drug-likeness (QED) is 0.769. The van der Waals surface area contributed by atoms with Crippen molar-refractivity contribution in [1.29, 1.82) is 0 Å². The number of nitrogens with two attached hydrogens (primary N) is 1. The summed E-state index contributed by atoms with van der Waals surface area (Å²) >= 11 is 0. The Balaban J connectivity index is 2.42. The molecule has 2 rings (SSSR count). The van der Waals surface area contributed by atoms with Crippen LogP contribution in [-0.4, -0.2) is 16.2 Å². The number of aliphatic hydroxyl groups excluding tert-OH is 1. The summed E-state index contributed by atoms with van der Waals surface area (Å²) in [6, 6.07) is 2.19. The van der Waals surface area contributed by atoms with Gasteiger partial charge in [-0.15, -0.1) is 0 Å². The van der Waals surface area contributed by atoms with Gasteiger partial charge in [0.05, 0.1) is 22.9 Å². The van der Waals surface area contributed by atoms with Crippen molar-refractivity contribution in [2.24, 2.45) is 5.73 Å². The van der Waals surface area contributed by atoms with Gasteiger partial charge in [0, 0.05) is 6.20 Å². The van der Waals surface area contributed by atoms with Crippen LogP contribution in [0.5, 0.6) is 0 Å². The van der Waals surface area contributed by atoms with Crippen molar-refractivity contribution < 1.29 is 18.3 Å².